The lowest BCUT2D eigenvalue weighted by Gasteiger charge is -2.59. The van der Waals surface area contributed by atoms with Gasteiger partial charge < -0.3 is 4.74 Å². The van der Waals surface area contributed by atoms with Crippen molar-refractivity contribution in [3.05, 3.63) is 11.6 Å². The van der Waals surface area contributed by atoms with Crippen LogP contribution in [0.1, 0.15) is 105 Å². The van der Waals surface area contributed by atoms with Crippen LogP contribution < -0.4 is 0 Å². The number of Topliss-reactive ketones (excluding diaryl/α,β-unsaturated/α-hetero) is 1. The Kier molecular flexibility index (Phi) is 5.98. The highest BCUT2D eigenvalue weighted by molar-refractivity contribution is 5.91. The number of rotatable bonds is 6. The topological polar surface area (TPSA) is 60.4 Å². The van der Waals surface area contributed by atoms with E-state index in [9.17, 15) is 14.4 Å². The van der Waals surface area contributed by atoms with E-state index in [-0.39, 0.29) is 28.4 Å². The Labute approximate surface area is 187 Å². The van der Waals surface area contributed by atoms with Crippen molar-refractivity contribution in [2.45, 2.75) is 110 Å². The minimum atomic E-state index is -0.953. The Balaban J connectivity index is 1.59. The molecule has 4 heteroatoms. The van der Waals surface area contributed by atoms with Crippen LogP contribution in [-0.2, 0) is 19.1 Å². The summed E-state index contributed by atoms with van der Waals surface area (Å²) < 4.78 is 6.16. The van der Waals surface area contributed by atoms with Crippen molar-refractivity contribution < 1.29 is 19.1 Å². The summed E-state index contributed by atoms with van der Waals surface area (Å²) in [7, 11) is 0. The Bertz CT molecular complexity index is 797. The highest BCUT2D eigenvalue weighted by Gasteiger charge is 2.67. The molecule has 0 aromatic rings. The van der Waals surface area contributed by atoms with E-state index in [0.29, 0.717) is 37.0 Å². The third-order valence-corrected chi connectivity index (χ3v) is 9.92. The van der Waals surface area contributed by atoms with Gasteiger partial charge in [-0.05, 0) is 87.5 Å². The summed E-state index contributed by atoms with van der Waals surface area (Å²) in [6.45, 7) is 8.37. The zero-order chi connectivity index (χ0) is 22.4. The number of carbonyl (C=O) groups is 3. The van der Waals surface area contributed by atoms with E-state index in [1.807, 2.05) is 6.08 Å². The number of ether oxygens (including phenoxy) is 1. The maximum atomic E-state index is 13.1. The summed E-state index contributed by atoms with van der Waals surface area (Å²) in [5.41, 5.74) is 0.261. The summed E-state index contributed by atoms with van der Waals surface area (Å²) in [4.78, 5) is 37.8. The van der Waals surface area contributed by atoms with E-state index in [0.717, 1.165) is 57.8 Å². The average Bonchev–Trinajstić information content (AvgIpc) is 3.02. The highest BCUT2D eigenvalue weighted by Crippen LogP contribution is 2.68. The number of hydrogen-bond donors (Lipinski definition) is 0. The van der Waals surface area contributed by atoms with Crippen LogP contribution >= 0.6 is 0 Å². The molecule has 4 aliphatic rings. The molecule has 0 unspecified atom stereocenters. The fourth-order valence-corrected chi connectivity index (χ4v) is 8.14. The molecule has 0 saturated heterocycles. The van der Waals surface area contributed by atoms with Crippen LogP contribution in [0.3, 0.4) is 0 Å². The van der Waals surface area contributed by atoms with Crippen LogP contribution in [0.25, 0.3) is 0 Å². The molecule has 31 heavy (non-hydrogen) atoms. The van der Waals surface area contributed by atoms with Crippen LogP contribution in [-0.4, -0.2) is 23.1 Å². The first-order chi connectivity index (χ1) is 14.7. The van der Waals surface area contributed by atoms with E-state index < -0.39 is 5.60 Å². The van der Waals surface area contributed by atoms with Gasteiger partial charge in [-0.3, -0.25) is 14.4 Å². The summed E-state index contributed by atoms with van der Waals surface area (Å²) >= 11 is 0. The maximum Gasteiger partial charge on any atom is 0.306 e. The predicted molar refractivity (Wildman–Crippen MR) is 120 cm³/mol. The quantitative estimate of drug-likeness (QED) is 0.386. The Morgan fingerprint density at radius 3 is 2.48 bits per heavy atom. The van der Waals surface area contributed by atoms with Crippen molar-refractivity contribution in [1.82, 2.24) is 0 Å². The molecule has 0 aromatic carbocycles. The second kappa shape index (κ2) is 8.15. The molecule has 0 radical (unpaired) electrons. The molecular weight excluding hydrogens is 388 g/mol. The second-order valence-corrected chi connectivity index (χ2v) is 11.3. The fourth-order valence-electron chi connectivity index (χ4n) is 8.14. The number of esters is 1. The van der Waals surface area contributed by atoms with E-state index >= 15 is 0 Å². The Hall–Kier alpha value is -1.45. The van der Waals surface area contributed by atoms with Gasteiger partial charge in [0.15, 0.2) is 17.2 Å². The largest absolute Gasteiger partial charge is 0.450 e. The summed E-state index contributed by atoms with van der Waals surface area (Å²) in [5.74, 6) is 1.66. The van der Waals surface area contributed by atoms with Crippen molar-refractivity contribution >= 4 is 17.5 Å². The van der Waals surface area contributed by atoms with Gasteiger partial charge in [-0.1, -0.05) is 39.2 Å². The minimum absolute atomic E-state index is 0.0330. The number of unbranched alkanes of at least 4 members (excludes halogenated alkanes) is 2. The molecule has 3 fully saturated rings. The molecule has 0 aromatic heterocycles. The predicted octanol–water partition coefficient (Wildman–Crippen LogP) is 5.97. The molecule has 0 aliphatic heterocycles. The zero-order valence-electron chi connectivity index (χ0n) is 19.9. The van der Waals surface area contributed by atoms with Gasteiger partial charge in [0.2, 0.25) is 0 Å². The SMILES string of the molecule is CCCCCC(=O)O[C@@]1(C(C)=O)CC[C@@H]2[C@H]3CCC4=CC(=O)CC[C@]4(C)[C@@H]3CC[C@@]21C. The first-order valence-corrected chi connectivity index (χ1v) is 12.6. The van der Waals surface area contributed by atoms with Crippen LogP contribution in [0.5, 0.6) is 0 Å². The molecule has 172 valence electrons. The van der Waals surface area contributed by atoms with Crippen LogP contribution in [0, 0.1) is 28.6 Å². The molecule has 3 saturated carbocycles. The first kappa shape index (κ1) is 22.7. The number of fused-ring (bicyclic) bond motifs is 5. The molecule has 4 nitrogen and oxygen atoms in total. The van der Waals surface area contributed by atoms with Gasteiger partial charge in [0.05, 0.1) is 0 Å². The van der Waals surface area contributed by atoms with E-state index in [1.54, 1.807) is 6.92 Å². The van der Waals surface area contributed by atoms with Gasteiger partial charge in [0.1, 0.15) is 0 Å². The van der Waals surface area contributed by atoms with Gasteiger partial charge in [-0.2, -0.15) is 0 Å². The van der Waals surface area contributed by atoms with E-state index in [1.165, 1.54) is 5.57 Å². The summed E-state index contributed by atoms with van der Waals surface area (Å²) in [5, 5.41) is 0. The molecule has 0 spiro atoms. The van der Waals surface area contributed by atoms with Gasteiger partial charge in [0.25, 0.3) is 0 Å². The molecule has 0 amide bonds. The maximum absolute atomic E-state index is 13.1. The van der Waals surface area contributed by atoms with Crippen molar-refractivity contribution in [2.24, 2.45) is 28.6 Å². The first-order valence-electron chi connectivity index (χ1n) is 12.6. The van der Waals surface area contributed by atoms with Crippen molar-refractivity contribution in [2.75, 3.05) is 0 Å². The van der Waals surface area contributed by atoms with Crippen molar-refractivity contribution in [1.29, 1.82) is 0 Å². The molecular formula is C27H40O4. The van der Waals surface area contributed by atoms with E-state index in [4.69, 9.17) is 4.74 Å². The summed E-state index contributed by atoms with van der Waals surface area (Å²) in [6, 6.07) is 0. The van der Waals surface area contributed by atoms with Gasteiger partial charge in [0, 0.05) is 18.3 Å². The number of hydrogen-bond acceptors (Lipinski definition) is 4. The third-order valence-electron chi connectivity index (χ3n) is 9.92. The molecule has 0 bridgehead atoms. The lowest BCUT2D eigenvalue weighted by molar-refractivity contribution is -0.189. The standard InChI is InChI=1S/C27H40O4/c1-5-6-7-8-24(30)31-27(18(2)28)16-13-23-21-10-9-19-17-20(29)11-14-25(19,3)22(21)12-15-26(23,27)4/h17,21-23H,5-16H2,1-4H3/t21-,22+,23+,25-,26-,27+/m0/s1. The monoisotopic (exact) mass is 428 g/mol. The van der Waals surface area contributed by atoms with Crippen molar-refractivity contribution in [3.63, 3.8) is 0 Å². The zero-order valence-corrected chi connectivity index (χ0v) is 19.9. The molecule has 0 N–H and O–H groups in total. The van der Waals surface area contributed by atoms with Gasteiger partial charge >= 0.3 is 5.97 Å². The minimum Gasteiger partial charge on any atom is -0.450 e. The average molecular weight is 429 g/mol. The number of allylic oxidation sites excluding steroid dienone is 1. The number of ketones is 2. The normalized spacial score (nSPS) is 41.6. The molecule has 0 heterocycles. The van der Waals surface area contributed by atoms with Crippen molar-refractivity contribution in [3.8, 4) is 0 Å². The molecule has 4 rings (SSSR count). The third kappa shape index (κ3) is 3.43. The second-order valence-electron chi connectivity index (χ2n) is 11.3. The summed E-state index contributed by atoms with van der Waals surface area (Å²) in [6.07, 6.45) is 12.6. The van der Waals surface area contributed by atoms with E-state index in [2.05, 4.69) is 20.8 Å². The van der Waals surface area contributed by atoms with Crippen LogP contribution in [0.4, 0.5) is 0 Å². The fraction of sp³-hybridized carbons (Fsp3) is 0.815. The molecule has 4 aliphatic carbocycles. The Morgan fingerprint density at radius 1 is 1.03 bits per heavy atom. The molecule has 6 atom stereocenters. The lowest BCUT2D eigenvalue weighted by atomic mass is 9.46. The van der Waals surface area contributed by atoms with Crippen LogP contribution in [0.2, 0.25) is 0 Å². The van der Waals surface area contributed by atoms with Gasteiger partial charge in [-0.15, -0.1) is 0 Å². The highest BCUT2D eigenvalue weighted by atomic mass is 16.6. The van der Waals surface area contributed by atoms with Crippen LogP contribution in [0.15, 0.2) is 11.6 Å². The number of carbonyl (C=O) groups excluding carboxylic acids is 3. The lowest BCUT2D eigenvalue weighted by Crippen LogP contribution is -2.58. The smallest absolute Gasteiger partial charge is 0.306 e. The van der Waals surface area contributed by atoms with Gasteiger partial charge in [-0.25, -0.2) is 0 Å². The Morgan fingerprint density at radius 2 is 1.77 bits per heavy atom.